The van der Waals surface area contributed by atoms with Crippen LogP contribution < -0.4 is 10.6 Å². The van der Waals surface area contributed by atoms with Crippen molar-refractivity contribution in [3.8, 4) is 0 Å². The van der Waals surface area contributed by atoms with E-state index >= 15 is 0 Å². The predicted molar refractivity (Wildman–Crippen MR) is 93.2 cm³/mol. The summed E-state index contributed by atoms with van der Waals surface area (Å²) in [5.41, 5.74) is 7.40. The van der Waals surface area contributed by atoms with Crippen LogP contribution in [-0.4, -0.2) is 11.8 Å². The van der Waals surface area contributed by atoms with Gasteiger partial charge in [0, 0.05) is 16.5 Å². The molecular weight excluding hydrogens is 300 g/mol. The maximum Gasteiger partial charge on any atom is 0.238 e. The standard InChI is InChI=1S/C20H18N2O2/c21-15-5-1-4-14-13(15)3-2-6-16(14)22-19(23)17-11-7-8-12(10-9-11)18(17)20(22)24/h1-8,11-12,17-18H,9-10,21H2/t11-,12+,17-,18+. The molecule has 0 aromatic heterocycles. The number of fused-ring (bicyclic) bond motifs is 2. The number of nitrogens with two attached hydrogens (primary N) is 1. The van der Waals surface area contributed by atoms with Gasteiger partial charge in [0.05, 0.1) is 17.5 Å². The first-order valence-electron chi connectivity index (χ1n) is 8.50. The fraction of sp³-hybridized carbons (Fsp3) is 0.300. The van der Waals surface area contributed by atoms with Crippen LogP contribution in [0.25, 0.3) is 10.8 Å². The molecule has 1 saturated heterocycles. The van der Waals surface area contributed by atoms with E-state index in [1.807, 2.05) is 36.4 Å². The molecule has 0 spiro atoms. The quantitative estimate of drug-likeness (QED) is 0.499. The molecule has 2 amide bonds. The molecule has 1 aliphatic heterocycles. The summed E-state index contributed by atoms with van der Waals surface area (Å²) in [6.07, 6.45) is 6.31. The van der Waals surface area contributed by atoms with Gasteiger partial charge in [0.15, 0.2) is 0 Å². The normalized spacial score (nSPS) is 31.1. The molecule has 4 nitrogen and oxygen atoms in total. The second-order valence-electron chi connectivity index (χ2n) is 7.07. The van der Waals surface area contributed by atoms with E-state index in [9.17, 15) is 9.59 Å². The average Bonchev–Trinajstić information content (AvgIpc) is 2.89. The fourth-order valence-corrected chi connectivity index (χ4v) is 4.82. The number of rotatable bonds is 1. The molecular formula is C20H18N2O2. The van der Waals surface area contributed by atoms with E-state index in [2.05, 4.69) is 12.2 Å². The SMILES string of the molecule is Nc1cccc2c(N3C(=O)[C@@H]4[C@H](C3=O)[C@@H]3C=C[C@H]4CC3)cccc12. The Bertz CT molecular complexity index is 885. The smallest absolute Gasteiger partial charge is 0.238 e. The number of hydrogen-bond donors (Lipinski definition) is 1. The molecule has 2 aromatic carbocycles. The second kappa shape index (κ2) is 4.69. The number of nitrogens with zero attached hydrogens (tertiary/aromatic N) is 1. The molecule has 1 heterocycles. The second-order valence-corrected chi connectivity index (χ2v) is 7.07. The number of hydrogen-bond acceptors (Lipinski definition) is 3. The topological polar surface area (TPSA) is 63.4 Å². The van der Waals surface area contributed by atoms with E-state index in [-0.39, 0.29) is 35.5 Å². The van der Waals surface area contributed by atoms with E-state index in [0.29, 0.717) is 11.4 Å². The van der Waals surface area contributed by atoms with Crippen molar-refractivity contribution in [1.29, 1.82) is 0 Å². The minimum absolute atomic E-state index is 0.0426. The molecule has 24 heavy (non-hydrogen) atoms. The van der Waals surface area contributed by atoms with Gasteiger partial charge in [0.2, 0.25) is 11.8 Å². The number of amides is 2. The molecule has 4 aliphatic rings. The Balaban J connectivity index is 1.68. The van der Waals surface area contributed by atoms with Gasteiger partial charge in [-0.1, -0.05) is 36.4 Å². The van der Waals surface area contributed by atoms with Gasteiger partial charge in [-0.2, -0.15) is 0 Å². The molecule has 2 aromatic rings. The Hall–Kier alpha value is -2.62. The number of carbonyl (C=O) groups excluding carboxylic acids is 2. The molecule has 2 fully saturated rings. The van der Waals surface area contributed by atoms with Gasteiger partial charge in [-0.25, -0.2) is 4.90 Å². The van der Waals surface area contributed by atoms with Crippen molar-refractivity contribution >= 4 is 34.0 Å². The van der Waals surface area contributed by atoms with Gasteiger partial charge in [-0.15, -0.1) is 0 Å². The van der Waals surface area contributed by atoms with E-state index < -0.39 is 0 Å². The van der Waals surface area contributed by atoms with Crippen molar-refractivity contribution in [2.75, 3.05) is 10.6 Å². The summed E-state index contributed by atoms with van der Waals surface area (Å²) < 4.78 is 0. The van der Waals surface area contributed by atoms with E-state index in [1.54, 1.807) is 0 Å². The third-order valence-corrected chi connectivity index (χ3v) is 5.93. The van der Waals surface area contributed by atoms with Crippen LogP contribution in [0.1, 0.15) is 12.8 Å². The van der Waals surface area contributed by atoms with Crippen LogP contribution in [-0.2, 0) is 9.59 Å². The van der Waals surface area contributed by atoms with Gasteiger partial charge >= 0.3 is 0 Å². The maximum atomic E-state index is 13.1. The molecule has 0 unspecified atom stereocenters. The van der Waals surface area contributed by atoms with Gasteiger partial charge in [0.25, 0.3) is 0 Å². The van der Waals surface area contributed by atoms with Crippen LogP contribution in [0.3, 0.4) is 0 Å². The lowest BCUT2D eigenvalue weighted by Crippen LogP contribution is -2.38. The highest BCUT2D eigenvalue weighted by molar-refractivity contribution is 6.25. The highest BCUT2D eigenvalue weighted by Crippen LogP contribution is 2.51. The average molecular weight is 318 g/mol. The maximum absolute atomic E-state index is 13.1. The third kappa shape index (κ3) is 1.63. The van der Waals surface area contributed by atoms with Crippen molar-refractivity contribution in [2.45, 2.75) is 12.8 Å². The first kappa shape index (κ1) is 13.8. The Morgan fingerprint density at radius 1 is 0.833 bits per heavy atom. The molecule has 4 heteroatoms. The molecule has 0 radical (unpaired) electrons. The first-order valence-corrected chi connectivity index (χ1v) is 8.50. The van der Waals surface area contributed by atoms with Crippen molar-refractivity contribution in [3.05, 3.63) is 48.6 Å². The Morgan fingerprint density at radius 2 is 1.42 bits per heavy atom. The molecule has 6 rings (SSSR count). The fourth-order valence-electron chi connectivity index (χ4n) is 4.82. The number of nitrogen functional groups attached to an aromatic ring is 1. The molecule has 3 aliphatic carbocycles. The van der Waals surface area contributed by atoms with Crippen molar-refractivity contribution in [3.63, 3.8) is 0 Å². The monoisotopic (exact) mass is 318 g/mol. The molecule has 120 valence electrons. The summed E-state index contributed by atoms with van der Waals surface area (Å²) in [7, 11) is 0. The third-order valence-electron chi connectivity index (χ3n) is 5.93. The lowest BCUT2D eigenvalue weighted by Gasteiger charge is -2.38. The largest absolute Gasteiger partial charge is 0.398 e. The number of allylic oxidation sites excluding steroid dienone is 2. The summed E-state index contributed by atoms with van der Waals surface area (Å²) in [5, 5.41) is 1.74. The summed E-state index contributed by atoms with van der Waals surface area (Å²) in [5.74, 6) is -0.0314. The summed E-state index contributed by atoms with van der Waals surface area (Å²) in [6, 6.07) is 11.3. The zero-order chi connectivity index (χ0) is 16.4. The molecule has 2 bridgehead atoms. The first-order chi connectivity index (χ1) is 11.7. The number of anilines is 2. The molecule has 2 N–H and O–H groups in total. The summed E-state index contributed by atoms with van der Waals surface area (Å²) in [6.45, 7) is 0. The van der Waals surface area contributed by atoms with Crippen LogP contribution >= 0.6 is 0 Å². The van der Waals surface area contributed by atoms with Crippen LogP contribution in [0, 0.1) is 23.7 Å². The van der Waals surface area contributed by atoms with Gasteiger partial charge < -0.3 is 5.73 Å². The van der Waals surface area contributed by atoms with Gasteiger partial charge in [0.1, 0.15) is 0 Å². The Labute approximate surface area is 139 Å². The molecule has 4 atom stereocenters. The van der Waals surface area contributed by atoms with E-state index in [0.717, 1.165) is 23.6 Å². The Morgan fingerprint density at radius 3 is 2.04 bits per heavy atom. The van der Waals surface area contributed by atoms with Crippen LogP contribution in [0.2, 0.25) is 0 Å². The predicted octanol–water partition coefficient (Wildman–Crippen LogP) is 3.12. The summed E-state index contributed by atoms with van der Waals surface area (Å²) >= 11 is 0. The van der Waals surface area contributed by atoms with Gasteiger partial charge in [-0.05, 0) is 36.8 Å². The number of imide groups is 1. The minimum Gasteiger partial charge on any atom is -0.398 e. The van der Waals surface area contributed by atoms with E-state index in [1.165, 1.54) is 4.90 Å². The van der Waals surface area contributed by atoms with Crippen LogP contribution in [0.4, 0.5) is 11.4 Å². The highest BCUT2D eigenvalue weighted by Gasteiger charge is 2.57. The number of carbonyl (C=O) groups is 2. The molecule has 1 saturated carbocycles. The van der Waals surface area contributed by atoms with Crippen LogP contribution in [0.5, 0.6) is 0 Å². The summed E-state index contributed by atoms with van der Waals surface area (Å²) in [4.78, 5) is 27.6. The Kier molecular flexibility index (Phi) is 2.70. The number of benzene rings is 2. The lowest BCUT2D eigenvalue weighted by molar-refractivity contribution is -0.124. The van der Waals surface area contributed by atoms with Crippen molar-refractivity contribution in [2.24, 2.45) is 23.7 Å². The van der Waals surface area contributed by atoms with Crippen molar-refractivity contribution in [1.82, 2.24) is 0 Å². The van der Waals surface area contributed by atoms with Gasteiger partial charge in [-0.3, -0.25) is 9.59 Å². The highest BCUT2D eigenvalue weighted by atomic mass is 16.2. The lowest BCUT2D eigenvalue weighted by atomic mass is 9.63. The van der Waals surface area contributed by atoms with E-state index in [4.69, 9.17) is 5.73 Å². The zero-order valence-corrected chi connectivity index (χ0v) is 13.2. The minimum atomic E-state index is -0.183. The van der Waals surface area contributed by atoms with Crippen LogP contribution in [0.15, 0.2) is 48.6 Å². The zero-order valence-electron chi connectivity index (χ0n) is 13.2. The van der Waals surface area contributed by atoms with Crippen molar-refractivity contribution < 1.29 is 9.59 Å².